The summed E-state index contributed by atoms with van der Waals surface area (Å²) in [5.41, 5.74) is 4.13. The van der Waals surface area contributed by atoms with E-state index in [1.807, 2.05) is 57.2 Å². The standard InChI is InChI=1S/C17H19ClN2O/c1-11(14-7-5-4-6-8-14)20-17(21)16-9-15(10-18)12(2)19-13(16)3/h4-9,11H,10H2,1-3H3,(H,20,21). The summed E-state index contributed by atoms with van der Waals surface area (Å²) in [5.74, 6) is 0.232. The molecule has 2 aromatic rings. The molecule has 1 amide bonds. The van der Waals surface area contributed by atoms with Gasteiger partial charge in [0, 0.05) is 11.6 Å². The second-order valence-corrected chi connectivity index (χ2v) is 5.37. The lowest BCUT2D eigenvalue weighted by Crippen LogP contribution is -2.27. The number of hydrogen-bond acceptors (Lipinski definition) is 2. The van der Waals surface area contributed by atoms with Gasteiger partial charge < -0.3 is 5.32 Å². The third kappa shape index (κ3) is 3.61. The van der Waals surface area contributed by atoms with Crippen LogP contribution in [0.4, 0.5) is 0 Å². The van der Waals surface area contributed by atoms with E-state index >= 15 is 0 Å². The summed E-state index contributed by atoms with van der Waals surface area (Å²) in [5, 5.41) is 3.00. The minimum absolute atomic E-state index is 0.0566. The van der Waals surface area contributed by atoms with E-state index in [1.165, 1.54) is 0 Å². The fraction of sp³-hybridized carbons (Fsp3) is 0.294. The predicted octanol–water partition coefficient (Wildman–Crippen LogP) is 3.93. The van der Waals surface area contributed by atoms with E-state index in [9.17, 15) is 4.79 Å². The van der Waals surface area contributed by atoms with Crippen molar-refractivity contribution in [1.29, 1.82) is 0 Å². The Balaban J connectivity index is 2.21. The summed E-state index contributed by atoms with van der Waals surface area (Å²) >= 11 is 5.89. The third-order valence-corrected chi connectivity index (χ3v) is 3.83. The van der Waals surface area contributed by atoms with Crippen molar-refractivity contribution >= 4 is 17.5 Å². The molecule has 0 aliphatic rings. The first-order valence-corrected chi connectivity index (χ1v) is 7.45. The molecule has 0 aliphatic carbocycles. The molecule has 1 heterocycles. The molecular weight excluding hydrogens is 284 g/mol. The number of benzene rings is 1. The van der Waals surface area contributed by atoms with E-state index < -0.39 is 0 Å². The summed E-state index contributed by atoms with van der Waals surface area (Å²) in [6.45, 7) is 5.71. The minimum atomic E-state index is -0.122. The molecule has 0 spiro atoms. The Labute approximate surface area is 130 Å². The largest absolute Gasteiger partial charge is 0.345 e. The maximum absolute atomic E-state index is 12.4. The van der Waals surface area contributed by atoms with Crippen molar-refractivity contribution in [2.24, 2.45) is 0 Å². The average Bonchev–Trinajstić information content (AvgIpc) is 2.48. The van der Waals surface area contributed by atoms with Gasteiger partial charge in [0.05, 0.1) is 17.3 Å². The molecule has 1 atom stereocenters. The highest BCUT2D eigenvalue weighted by Gasteiger charge is 2.15. The molecule has 0 saturated heterocycles. The summed E-state index contributed by atoms with van der Waals surface area (Å²) in [6, 6.07) is 11.6. The lowest BCUT2D eigenvalue weighted by molar-refractivity contribution is 0.0938. The van der Waals surface area contributed by atoms with E-state index in [2.05, 4.69) is 10.3 Å². The van der Waals surface area contributed by atoms with Crippen LogP contribution in [-0.2, 0) is 5.88 Å². The van der Waals surface area contributed by atoms with Gasteiger partial charge in [-0.2, -0.15) is 0 Å². The van der Waals surface area contributed by atoms with Gasteiger partial charge in [-0.1, -0.05) is 30.3 Å². The SMILES string of the molecule is Cc1nc(C)c(C(=O)NC(C)c2ccccc2)cc1CCl. The number of pyridine rings is 1. The highest BCUT2D eigenvalue weighted by molar-refractivity contribution is 6.17. The van der Waals surface area contributed by atoms with Crippen LogP contribution >= 0.6 is 11.6 Å². The Morgan fingerprint density at radius 1 is 1.24 bits per heavy atom. The maximum Gasteiger partial charge on any atom is 0.253 e. The summed E-state index contributed by atoms with van der Waals surface area (Å²) in [7, 11) is 0. The number of nitrogens with one attached hydrogen (secondary N) is 1. The molecule has 0 aliphatic heterocycles. The Morgan fingerprint density at radius 3 is 2.52 bits per heavy atom. The van der Waals surface area contributed by atoms with Crippen LogP contribution in [0, 0.1) is 13.8 Å². The van der Waals surface area contributed by atoms with Crippen LogP contribution in [0.3, 0.4) is 0 Å². The normalized spacial score (nSPS) is 12.0. The van der Waals surface area contributed by atoms with Gasteiger partial charge >= 0.3 is 0 Å². The number of aromatic nitrogens is 1. The molecule has 4 heteroatoms. The molecular formula is C17H19ClN2O. The third-order valence-electron chi connectivity index (χ3n) is 3.54. The van der Waals surface area contributed by atoms with Gasteiger partial charge in [-0.15, -0.1) is 11.6 Å². The summed E-state index contributed by atoms with van der Waals surface area (Å²) < 4.78 is 0. The zero-order chi connectivity index (χ0) is 15.4. The second kappa shape index (κ2) is 6.72. The number of aryl methyl sites for hydroxylation is 2. The van der Waals surface area contributed by atoms with Crippen molar-refractivity contribution in [2.75, 3.05) is 0 Å². The molecule has 0 saturated carbocycles. The first kappa shape index (κ1) is 15.5. The van der Waals surface area contributed by atoms with Crippen LogP contribution in [0.15, 0.2) is 36.4 Å². The van der Waals surface area contributed by atoms with Gasteiger partial charge in [0.15, 0.2) is 0 Å². The molecule has 1 aromatic heterocycles. The lowest BCUT2D eigenvalue weighted by atomic mass is 10.1. The van der Waals surface area contributed by atoms with Gasteiger partial charge in [0.2, 0.25) is 0 Å². The number of hydrogen-bond donors (Lipinski definition) is 1. The Kier molecular flexibility index (Phi) is 4.97. The number of halogens is 1. The number of alkyl halides is 1. The van der Waals surface area contributed by atoms with Crippen molar-refractivity contribution in [3.05, 3.63) is 64.5 Å². The van der Waals surface area contributed by atoms with Gasteiger partial charge in [-0.05, 0) is 38.0 Å². The molecule has 110 valence electrons. The molecule has 21 heavy (non-hydrogen) atoms. The predicted molar refractivity (Wildman–Crippen MR) is 85.6 cm³/mol. The Hall–Kier alpha value is -1.87. The highest BCUT2D eigenvalue weighted by Crippen LogP contribution is 2.17. The van der Waals surface area contributed by atoms with E-state index in [4.69, 9.17) is 11.6 Å². The fourth-order valence-corrected chi connectivity index (χ4v) is 2.50. The topological polar surface area (TPSA) is 42.0 Å². The van der Waals surface area contributed by atoms with Crippen molar-refractivity contribution in [2.45, 2.75) is 32.7 Å². The van der Waals surface area contributed by atoms with Crippen LogP contribution in [0.1, 0.15) is 45.8 Å². The summed E-state index contributed by atoms with van der Waals surface area (Å²) in [6.07, 6.45) is 0. The monoisotopic (exact) mass is 302 g/mol. The van der Waals surface area contributed by atoms with Gasteiger partial charge in [0.1, 0.15) is 0 Å². The van der Waals surface area contributed by atoms with Crippen LogP contribution in [0.5, 0.6) is 0 Å². The van der Waals surface area contributed by atoms with Crippen molar-refractivity contribution in [1.82, 2.24) is 10.3 Å². The van der Waals surface area contributed by atoms with E-state index in [-0.39, 0.29) is 11.9 Å². The van der Waals surface area contributed by atoms with Crippen molar-refractivity contribution in [3.63, 3.8) is 0 Å². The molecule has 0 radical (unpaired) electrons. The van der Waals surface area contributed by atoms with E-state index in [0.717, 1.165) is 22.5 Å². The zero-order valence-electron chi connectivity index (χ0n) is 12.5. The molecule has 0 fully saturated rings. The molecule has 1 aromatic carbocycles. The van der Waals surface area contributed by atoms with Crippen molar-refractivity contribution < 1.29 is 4.79 Å². The van der Waals surface area contributed by atoms with E-state index in [0.29, 0.717) is 11.4 Å². The quantitative estimate of drug-likeness (QED) is 0.870. The van der Waals surface area contributed by atoms with Crippen LogP contribution < -0.4 is 5.32 Å². The maximum atomic E-state index is 12.4. The molecule has 1 unspecified atom stereocenters. The first-order valence-electron chi connectivity index (χ1n) is 6.91. The smallest absolute Gasteiger partial charge is 0.253 e. The fourth-order valence-electron chi connectivity index (χ4n) is 2.23. The first-order chi connectivity index (χ1) is 10.0. The van der Waals surface area contributed by atoms with Crippen LogP contribution in [0.2, 0.25) is 0 Å². The molecule has 1 N–H and O–H groups in total. The van der Waals surface area contributed by atoms with Crippen molar-refractivity contribution in [3.8, 4) is 0 Å². The Bertz CT molecular complexity index is 641. The van der Waals surface area contributed by atoms with Crippen LogP contribution in [-0.4, -0.2) is 10.9 Å². The number of carbonyl (C=O) groups excluding carboxylic acids is 1. The molecule has 3 nitrogen and oxygen atoms in total. The second-order valence-electron chi connectivity index (χ2n) is 5.11. The zero-order valence-corrected chi connectivity index (χ0v) is 13.2. The van der Waals surface area contributed by atoms with Gasteiger partial charge in [0.25, 0.3) is 5.91 Å². The van der Waals surface area contributed by atoms with Crippen LogP contribution in [0.25, 0.3) is 0 Å². The number of carbonyl (C=O) groups is 1. The minimum Gasteiger partial charge on any atom is -0.345 e. The number of nitrogens with zero attached hydrogens (tertiary/aromatic N) is 1. The lowest BCUT2D eigenvalue weighted by Gasteiger charge is -2.16. The number of rotatable bonds is 4. The highest BCUT2D eigenvalue weighted by atomic mass is 35.5. The van der Waals surface area contributed by atoms with Gasteiger partial charge in [-0.25, -0.2) is 0 Å². The van der Waals surface area contributed by atoms with Gasteiger partial charge in [-0.3, -0.25) is 9.78 Å². The Morgan fingerprint density at radius 2 is 1.90 bits per heavy atom. The number of amides is 1. The van der Waals surface area contributed by atoms with E-state index in [1.54, 1.807) is 0 Å². The average molecular weight is 303 g/mol. The summed E-state index contributed by atoms with van der Waals surface area (Å²) in [4.78, 5) is 16.8. The molecule has 2 rings (SSSR count). The molecule has 0 bridgehead atoms.